The van der Waals surface area contributed by atoms with Crippen molar-refractivity contribution in [2.24, 2.45) is 0 Å². The third kappa shape index (κ3) is 5.33. The second-order valence-corrected chi connectivity index (χ2v) is 13.5. The van der Waals surface area contributed by atoms with Gasteiger partial charge < -0.3 is 29.4 Å². The summed E-state index contributed by atoms with van der Waals surface area (Å²) < 4.78 is 18.2. The Morgan fingerprint density at radius 1 is 1.25 bits per heavy atom. The monoisotopic (exact) mass is 411 g/mol. The minimum atomic E-state index is -2.29. The number of ether oxygens (including phenoxy) is 2. The van der Waals surface area contributed by atoms with Crippen LogP contribution in [-0.2, 0) is 14.0 Å². The molecule has 0 saturated carbocycles. The normalized spacial score (nSPS) is 28.6. The number of hydrogen-bond acceptors (Lipinski definition) is 6. The molecule has 1 fully saturated rings. The van der Waals surface area contributed by atoms with E-state index in [-0.39, 0.29) is 17.6 Å². The van der Waals surface area contributed by atoms with Crippen LogP contribution in [0.15, 0.2) is 30.3 Å². The number of aliphatic hydroxyl groups is 2. The van der Waals surface area contributed by atoms with Gasteiger partial charge in [0.25, 0.3) is 0 Å². The lowest BCUT2D eigenvalue weighted by Gasteiger charge is -2.48. The minimum Gasteiger partial charge on any atom is -0.463 e. The van der Waals surface area contributed by atoms with E-state index < -0.39 is 39.0 Å². The summed E-state index contributed by atoms with van der Waals surface area (Å²) in [7, 11) is -2.29. The Morgan fingerprint density at radius 3 is 2.36 bits per heavy atom. The zero-order valence-electron chi connectivity index (χ0n) is 17.5. The lowest BCUT2D eigenvalue weighted by atomic mass is 9.97. The minimum absolute atomic E-state index is 0.101. The summed E-state index contributed by atoms with van der Waals surface area (Å²) in [5.41, 5.74) is 0. The molecular weight excluding hydrogens is 378 g/mol. The summed E-state index contributed by atoms with van der Waals surface area (Å²) in [6.07, 6.45) is -3.67. The predicted octanol–water partition coefficient (Wildman–Crippen LogP) is 2.04. The van der Waals surface area contributed by atoms with Crippen LogP contribution in [-0.4, -0.2) is 61.7 Å². The fourth-order valence-electron chi connectivity index (χ4n) is 2.85. The molecule has 0 radical (unpaired) electrons. The van der Waals surface area contributed by atoms with E-state index in [9.17, 15) is 15.0 Å². The third-order valence-corrected chi connectivity index (χ3v) is 9.93. The number of nitrogens with one attached hydrogen (secondary N) is 1. The van der Waals surface area contributed by atoms with Crippen LogP contribution in [0.1, 0.15) is 27.7 Å². The first-order valence-corrected chi connectivity index (χ1v) is 12.5. The molecule has 1 heterocycles. The van der Waals surface area contributed by atoms with Crippen molar-refractivity contribution in [1.82, 2.24) is 5.32 Å². The summed E-state index contributed by atoms with van der Waals surface area (Å²) in [6, 6.07) is 8.34. The molecule has 2 rings (SSSR count). The molecule has 1 aromatic carbocycles. The molecule has 1 aromatic rings. The van der Waals surface area contributed by atoms with Gasteiger partial charge in [-0.25, -0.2) is 0 Å². The van der Waals surface area contributed by atoms with Gasteiger partial charge in [0.05, 0.1) is 12.7 Å². The van der Waals surface area contributed by atoms with Gasteiger partial charge in [0, 0.05) is 6.92 Å². The first-order valence-electron chi connectivity index (χ1n) is 9.57. The number of hydrogen-bond donors (Lipinski definition) is 3. The molecular formula is C20H33NO6Si. The molecule has 158 valence electrons. The Balaban J connectivity index is 2.37. The Labute approximate surface area is 168 Å². The van der Waals surface area contributed by atoms with E-state index in [4.69, 9.17) is 13.9 Å². The quantitative estimate of drug-likeness (QED) is 0.620. The van der Waals surface area contributed by atoms with Crippen LogP contribution in [0.2, 0.25) is 18.1 Å². The Kier molecular flexibility index (Phi) is 7.27. The highest BCUT2D eigenvalue weighted by molar-refractivity contribution is 6.74. The van der Waals surface area contributed by atoms with Gasteiger partial charge in [-0.15, -0.1) is 0 Å². The van der Waals surface area contributed by atoms with Crippen LogP contribution in [0.25, 0.3) is 0 Å². The number of rotatable bonds is 6. The van der Waals surface area contributed by atoms with Gasteiger partial charge in [-0.05, 0) is 30.3 Å². The molecule has 0 bridgehead atoms. The zero-order valence-corrected chi connectivity index (χ0v) is 18.5. The highest BCUT2D eigenvalue weighted by Gasteiger charge is 2.51. The van der Waals surface area contributed by atoms with Crippen molar-refractivity contribution in [2.75, 3.05) is 6.61 Å². The Morgan fingerprint density at radius 2 is 1.86 bits per heavy atom. The van der Waals surface area contributed by atoms with Crippen molar-refractivity contribution in [1.29, 1.82) is 0 Å². The molecule has 1 saturated heterocycles. The standard InChI is InChI=1S/C20H33NO6Si/c1-13(23)21-16-18(27-28(5,6)20(2,3)4)17(24)15(12-22)26-19(16)25-14-10-8-7-9-11-14/h7-11,15-19,22,24H,12H2,1-6H3,(H,21,23)/t15-,16-,17-,18-,19?/m1/s1. The number of amides is 1. The van der Waals surface area contributed by atoms with E-state index in [1.165, 1.54) is 6.92 Å². The number of carbonyl (C=O) groups excluding carboxylic acids is 1. The molecule has 1 aliphatic rings. The summed E-state index contributed by atoms with van der Waals surface area (Å²) in [4.78, 5) is 11.9. The molecule has 7 nitrogen and oxygen atoms in total. The van der Waals surface area contributed by atoms with E-state index in [0.717, 1.165) is 0 Å². The third-order valence-electron chi connectivity index (χ3n) is 5.46. The second kappa shape index (κ2) is 8.92. The molecule has 28 heavy (non-hydrogen) atoms. The van der Waals surface area contributed by atoms with Crippen LogP contribution >= 0.6 is 0 Å². The molecule has 0 aromatic heterocycles. The average Bonchev–Trinajstić information content (AvgIpc) is 2.59. The van der Waals surface area contributed by atoms with Crippen molar-refractivity contribution >= 4 is 14.2 Å². The van der Waals surface area contributed by atoms with Gasteiger partial charge in [-0.1, -0.05) is 39.0 Å². The largest absolute Gasteiger partial charge is 0.463 e. The van der Waals surface area contributed by atoms with Crippen LogP contribution in [0.5, 0.6) is 5.75 Å². The highest BCUT2D eigenvalue weighted by atomic mass is 28.4. The van der Waals surface area contributed by atoms with Gasteiger partial charge in [-0.3, -0.25) is 4.79 Å². The molecule has 0 spiro atoms. The molecule has 8 heteroatoms. The van der Waals surface area contributed by atoms with E-state index in [1.807, 2.05) is 18.2 Å². The van der Waals surface area contributed by atoms with Crippen LogP contribution in [0.4, 0.5) is 0 Å². The molecule has 5 atom stereocenters. The number of aliphatic hydroxyl groups excluding tert-OH is 2. The van der Waals surface area contributed by atoms with Crippen molar-refractivity contribution < 1.29 is 28.9 Å². The van der Waals surface area contributed by atoms with E-state index >= 15 is 0 Å². The van der Waals surface area contributed by atoms with Gasteiger partial charge in [0.2, 0.25) is 12.2 Å². The first kappa shape index (κ1) is 22.8. The lowest BCUT2D eigenvalue weighted by molar-refractivity contribution is -0.241. The fraction of sp³-hybridized carbons (Fsp3) is 0.650. The SMILES string of the molecule is CC(=O)N[C@H]1C(Oc2ccccc2)O[C@H](CO)[C@@H](O)[C@@H]1O[Si](C)(C)C(C)(C)C. The summed E-state index contributed by atoms with van der Waals surface area (Å²) >= 11 is 0. The van der Waals surface area contributed by atoms with E-state index in [2.05, 4.69) is 39.2 Å². The predicted molar refractivity (Wildman–Crippen MR) is 108 cm³/mol. The molecule has 0 aliphatic carbocycles. The van der Waals surface area contributed by atoms with Gasteiger partial charge in [0.15, 0.2) is 8.32 Å². The van der Waals surface area contributed by atoms with Crippen LogP contribution < -0.4 is 10.1 Å². The Bertz CT molecular complexity index is 648. The van der Waals surface area contributed by atoms with Gasteiger partial charge in [0.1, 0.15) is 24.0 Å². The average molecular weight is 412 g/mol. The van der Waals surface area contributed by atoms with Gasteiger partial charge in [-0.2, -0.15) is 0 Å². The van der Waals surface area contributed by atoms with Crippen molar-refractivity contribution in [3.63, 3.8) is 0 Å². The smallest absolute Gasteiger partial charge is 0.223 e. The number of benzene rings is 1. The number of carbonyl (C=O) groups is 1. The van der Waals surface area contributed by atoms with Crippen molar-refractivity contribution in [3.05, 3.63) is 30.3 Å². The van der Waals surface area contributed by atoms with Crippen LogP contribution in [0.3, 0.4) is 0 Å². The van der Waals surface area contributed by atoms with E-state index in [1.54, 1.807) is 12.1 Å². The highest BCUT2D eigenvalue weighted by Crippen LogP contribution is 2.39. The van der Waals surface area contributed by atoms with Crippen LogP contribution in [0, 0.1) is 0 Å². The van der Waals surface area contributed by atoms with Crippen molar-refractivity contribution in [2.45, 2.75) is 76.5 Å². The van der Waals surface area contributed by atoms with Gasteiger partial charge >= 0.3 is 0 Å². The maximum absolute atomic E-state index is 11.9. The Hall–Kier alpha value is -1.45. The lowest BCUT2D eigenvalue weighted by Crippen LogP contribution is -2.68. The topological polar surface area (TPSA) is 97.3 Å². The molecule has 1 amide bonds. The summed E-state index contributed by atoms with van der Waals surface area (Å²) in [5, 5.41) is 23.3. The second-order valence-electron chi connectivity index (χ2n) is 8.72. The summed E-state index contributed by atoms with van der Waals surface area (Å²) in [6.45, 7) is 11.4. The molecule has 1 unspecified atom stereocenters. The molecule has 1 aliphatic heterocycles. The van der Waals surface area contributed by atoms with Crippen molar-refractivity contribution in [3.8, 4) is 5.75 Å². The number of para-hydroxylation sites is 1. The maximum Gasteiger partial charge on any atom is 0.223 e. The summed E-state index contributed by atoms with van der Waals surface area (Å²) in [5.74, 6) is 0.274. The van der Waals surface area contributed by atoms with E-state index in [0.29, 0.717) is 5.75 Å². The zero-order chi connectivity index (χ0) is 21.1. The fourth-order valence-corrected chi connectivity index (χ4v) is 4.17. The first-order chi connectivity index (χ1) is 13.0. The molecule has 3 N–H and O–H groups in total. The maximum atomic E-state index is 11.9.